The largest absolute Gasteiger partial charge is 0.491 e. The lowest BCUT2D eigenvalue weighted by Gasteiger charge is -2.28. The Labute approximate surface area is 229 Å². The summed E-state index contributed by atoms with van der Waals surface area (Å²) in [5, 5.41) is 20.6. The standard InChI is InChI=1S/C28H29BrN2O7/c29-21-13-15-22(16-14-21)30-28(34)38-27(20-7-6-10-24(19-20)36-18-17-32)25(11-4-5-12-26(33)31-35)37-23-8-2-1-3-9-23/h1-3,5-10,12-16,19,25,27,32,35H,4,11,17-18H2,(H,30,34)(H,31,33)/b12-5+/t25-,27-/m0/s1. The lowest BCUT2D eigenvalue weighted by molar-refractivity contribution is -0.124. The third kappa shape index (κ3) is 9.55. The number of halogens is 1. The highest BCUT2D eigenvalue weighted by atomic mass is 79.9. The van der Waals surface area contributed by atoms with Crippen LogP contribution in [-0.2, 0) is 9.53 Å². The van der Waals surface area contributed by atoms with Crippen LogP contribution in [-0.4, -0.2) is 41.6 Å². The smallest absolute Gasteiger partial charge is 0.412 e. The summed E-state index contributed by atoms with van der Waals surface area (Å²) in [5.41, 5.74) is 2.71. The van der Waals surface area contributed by atoms with Crippen LogP contribution in [0.2, 0.25) is 0 Å². The van der Waals surface area contributed by atoms with Gasteiger partial charge in [0.2, 0.25) is 0 Å². The van der Waals surface area contributed by atoms with E-state index in [0.29, 0.717) is 35.6 Å². The number of hydrogen-bond acceptors (Lipinski definition) is 7. The molecule has 2 amide bonds. The molecule has 0 radical (unpaired) electrons. The third-order valence-electron chi connectivity index (χ3n) is 5.24. The molecule has 0 aliphatic rings. The van der Waals surface area contributed by atoms with Crippen molar-refractivity contribution in [2.75, 3.05) is 18.5 Å². The Kier molecular flexibility index (Phi) is 11.6. The Morgan fingerprint density at radius 2 is 1.71 bits per heavy atom. The lowest BCUT2D eigenvalue weighted by atomic mass is 9.99. The summed E-state index contributed by atoms with van der Waals surface area (Å²) in [6.45, 7) is -0.0338. The van der Waals surface area contributed by atoms with Gasteiger partial charge in [0.15, 0.2) is 6.10 Å². The van der Waals surface area contributed by atoms with E-state index in [2.05, 4.69) is 21.2 Å². The second-order valence-corrected chi connectivity index (χ2v) is 8.94. The summed E-state index contributed by atoms with van der Waals surface area (Å²) in [4.78, 5) is 24.4. The normalized spacial score (nSPS) is 12.4. The highest BCUT2D eigenvalue weighted by Crippen LogP contribution is 2.31. The summed E-state index contributed by atoms with van der Waals surface area (Å²) in [5.74, 6) is 0.418. The van der Waals surface area contributed by atoms with Crippen LogP contribution in [0.15, 0.2) is 95.5 Å². The highest BCUT2D eigenvalue weighted by Gasteiger charge is 2.29. The minimum absolute atomic E-state index is 0.112. The predicted octanol–water partition coefficient (Wildman–Crippen LogP) is 5.40. The quantitative estimate of drug-likeness (QED) is 0.120. The van der Waals surface area contributed by atoms with Crippen LogP contribution in [0, 0.1) is 0 Å². The van der Waals surface area contributed by atoms with Gasteiger partial charge in [0.25, 0.3) is 5.91 Å². The summed E-state index contributed by atoms with van der Waals surface area (Å²) in [6.07, 6.45) is 1.33. The summed E-state index contributed by atoms with van der Waals surface area (Å²) in [7, 11) is 0. The number of aliphatic hydroxyl groups is 1. The Balaban J connectivity index is 1.90. The third-order valence-corrected chi connectivity index (χ3v) is 5.77. The second kappa shape index (κ2) is 15.4. The van der Waals surface area contributed by atoms with E-state index in [4.69, 9.17) is 24.5 Å². The number of carbonyl (C=O) groups excluding carboxylic acids is 2. The van der Waals surface area contributed by atoms with Gasteiger partial charge in [0, 0.05) is 16.2 Å². The van der Waals surface area contributed by atoms with Crippen LogP contribution in [0.4, 0.5) is 10.5 Å². The van der Waals surface area contributed by atoms with Crippen molar-refractivity contribution >= 4 is 33.6 Å². The van der Waals surface area contributed by atoms with E-state index in [0.717, 1.165) is 4.47 Å². The van der Waals surface area contributed by atoms with Gasteiger partial charge in [-0.15, -0.1) is 0 Å². The monoisotopic (exact) mass is 584 g/mol. The molecule has 38 heavy (non-hydrogen) atoms. The topological polar surface area (TPSA) is 126 Å². The molecule has 3 aromatic rings. The van der Waals surface area contributed by atoms with E-state index >= 15 is 0 Å². The molecule has 10 heteroatoms. The Bertz CT molecular complexity index is 1190. The molecule has 200 valence electrons. The number of aliphatic hydroxyl groups excluding tert-OH is 1. The zero-order valence-electron chi connectivity index (χ0n) is 20.5. The zero-order chi connectivity index (χ0) is 27.2. The first-order chi connectivity index (χ1) is 18.5. The maximum Gasteiger partial charge on any atom is 0.412 e. The van der Waals surface area contributed by atoms with Gasteiger partial charge >= 0.3 is 6.09 Å². The van der Waals surface area contributed by atoms with E-state index in [-0.39, 0.29) is 13.2 Å². The number of ether oxygens (including phenoxy) is 3. The SMILES string of the molecule is O=C(/C=C/CC[C@H](Oc1ccccc1)[C@@H](OC(=O)Nc1ccc(Br)cc1)c1cccc(OCCO)c1)NO. The second-order valence-electron chi connectivity index (χ2n) is 8.03. The fourth-order valence-electron chi connectivity index (χ4n) is 3.53. The van der Waals surface area contributed by atoms with Gasteiger partial charge < -0.3 is 19.3 Å². The number of allylic oxidation sites excluding steroid dienone is 1. The van der Waals surface area contributed by atoms with Gasteiger partial charge in [-0.05, 0) is 66.9 Å². The molecule has 0 aliphatic carbocycles. The van der Waals surface area contributed by atoms with Crippen LogP contribution >= 0.6 is 15.9 Å². The Morgan fingerprint density at radius 1 is 0.974 bits per heavy atom. The van der Waals surface area contributed by atoms with E-state index < -0.39 is 24.2 Å². The fraction of sp³-hybridized carbons (Fsp3) is 0.214. The molecule has 3 rings (SSSR count). The number of nitrogens with one attached hydrogen (secondary N) is 2. The maximum absolute atomic E-state index is 13.0. The lowest BCUT2D eigenvalue weighted by Crippen LogP contribution is -2.31. The molecule has 0 aliphatic heterocycles. The molecule has 4 N–H and O–H groups in total. The fourth-order valence-corrected chi connectivity index (χ4v) is 3.80. The first-order valence-corrected chi connectivity index (χ1v) is 12.7. The average Bonchev–Trinajstić information content (AvgIpc) is 2.94. The molecule has 9 nitrogen and oxygen atoms in total. The number of amides is 2. The molecular formula is C28H29BrN2O7. The number of carbonyl (C=O) groups is 2. The number of hydrogen-bond donors (Lipinski definition) is 4. The van der Waals surface area contributed by atoms with Crippen molar-refractivity contribution in [2.24, 2.45) is 0 Å². The molecule has 0 fully saturated rings. The molecular weight excluding hydrogens is 556 g/mol. The van der Waals surface area contributed by atoms with Crippen molar-refractivity contribution in [1.29, 1.82) is 0 Å². The molecule has 0 bridgehead atoms. The van der Waals surface area contributed by atoms with Gasteiger partial charge in [-0.2, -0.15) is 0 Å². The van der Waals surface area contributed by atoms with Gasteiger partial charge in [-0.3, -0.25) is 15.3 Å². The van der Waals surface area contributed by atoms with Gasteiger partial charge in [-0.1, -0.05) is 52.3 Å². The average molecular weight is 585 g/mol. The van der Waals surface area contributed by atoms with Crippen molar-refractivity contribution in [1.82, 2.24) is 5.48 Å². The van der Waals surface area contributed by atoms with Crippen LogP contribution < -0.4 is 20.3 Å². The van der Waals surface area contributed by atoms with Crippen LogP contribution in [0.1, 0.15) is 24.5 Å². The number of rotatable bonds is 13. The van der Waals surface area contributed by atoms with Gasteiger partial charge in [-0.25, -0.2) is 10.3 Å². The van der Waals surface area contributed by atoms with Crippen LogP contribution in [0.25, 0.3) is 0 Å². The van der Waals surface area contributed by atoms with E-state index in [1.807, 2.05) is 18.2 Å². The number of hydroxylamine groups is 1. The van der Waals surface area contributed by atoms with Crippen LogP contribution in [0.3, 0.4) is 0 Å². The Morgan fingerprint density at radius 3 is 2.42 bits per heavy atom. The molecule has 3 aromatic carbocycles. The minimum atomic E-state index is -0.872. The maximum atomic E-state index is 13.0. The van der Waals surface area contributed by atoms with Gasteiger partial charge in [0.05, 0.1) is 6.61 Å². The number of anilines is 1. The van der Waals surface area contributed by atoms with E-state index in [1.165, 1.54) is 6.08 Å². The van der Waals surface area contributed by atoms with Crippen molar-refractivity contribution in [3.63, 3.8) is 0 Å². The Hall–Kier alpha value is -3.86. The highest BCUT2D eigenvalue weighted by molar-refractivity contribution is 9.10. The summed E-state index contributed by atoms with van der Waals surface area (Å²) < 4.78 is 18.6. The first kappa shape index (κ1) is 28.7. The summed E-state index contributed by atoms with van der Waals surface area (Å²) >= 11 is 3.37. The number of benzene rings is 3. The molecule has 2 atom stereocenters. The molecule has 0 heterocycles. The first-order valence-electron chi connectivity index (χ1n) is 11.9. The van der Waals surface area contributed by atoms with Crippen LogP contribution in [0.5, 0.6) is 11.5 Å². The van der Waals surface area contributed by atoms with Crippen molar-refractivity contribution in [3.8, 4) is 11.5 Å². The van der Waals surface area contributed by atoms with Crippen molar-refractivity contribution in [3.05, 3.63) is 101 Å². The predicted molar refractivity (Wildman–Crippen MR) is 145 cm³/mol. The zero-order valence-corrected chi connectivity index (χ0v) is 22.0. The van der Waals surface area contributed by atoms with E-state index in [9.17, 15) is 9.59 Å². The molecule has 0 saturated carbocycles. The molecule has 0 unspecified atom stereocenters. The van der Waals surface area contributed by atoms with E-state index in [1.54, 1.807) is 72.2 Å². The molecule has 0 spiro atoms. The number of para-hydroxylation sites is 1. The minimum Gasteiger partial charge on any atom is -0.491 e. The van der Waals surface area contributed by atoms with Gasteiger partial charge in [0.1, 0.15) is 24.2 Å². The van der Waals surface area contributed by atoms with Crippen molar-refractivity contribution in [2.45, 2.75) is 25.0 Å². The summed E-state index contributed by atoms with van der Waals surface area (Å²) in [6, 6.07) is 23.2. The van der Waals surface area contributed by atoms with Crippen molar-refractivity contribution < 1.29 is 34.1 Å². The molecule has 0 saturated heterocycles. The molecule has 0 aromatic heterocycles.